The van der Waals surface area contributed by atoms with Crippen LogP contribution in [0.5, 0.6) is 0 Å². The molecule has 0 aliphatic carbocycles. The number of fused-ring (bicyclic) bond motifs is 4. The van der Waals surface area contributed by atoms with Gasteiger partial charge in [0.25, 0.3) is 0 Å². The van der Waals surface area contributed by atoms with Gasteiger partial charge in [0.2, 0.25) is 0 Å². The van der Waals surface area contributed by atoms with Crippen LogP contribution in [-0.2, 0) is 21.7 Å². The molecule has 2 heterocycles. The van der Waals surface area contributed by atoms with Crippen molar-refractivity contribution in [1.82, 2.24) is 9.13 Å². The molecule has 0 saturated heterocycles. The van der Waals surface area contributed by atoms with E-state index in [0.29, 0.717) is 0 Å². The highest BCUT2D eigenvalue weighted by molar-refractivity contribution is 5.97. The first-order valence-electron chi connectivity index (χ1n) is 28.0. The number of aromatic nitrogens is 2. The van der Waals surface area contributed by atoms with E-state index in [1.54, 1.807) is 0 Å². The predicted octanol–water partition coefficient (Wildman–Crippen LogP) is 21.4. The molecule has 0 N–H and O–H groups in total. The van der Waals surface area contributed by atoms with Crippen LogP contribution < -0.4 is 0 Å². The Morgan fingerprint density at radius 1 is 0.205 bits per heavy atom. The molecule has 0 aliphatic rings. The largest absolute Gasteiger partial charge is 0.309 e. The zero-order chi connectivity index (χ0) is 54.5. The molecule has 2 heteroatoms. The summed E-state index contributed by atoms with van der Waals surface area (Å²) in [6.07, 6.45) is 0. The van der Waals surface area contributed by atoms with Gasteiger partial charge in [0.05, 0.1) is 22.4 Å². The van der Waals surface area contributed by atoms with E-state index < -0.39 is 0 Å². The minimum absolute atomic E-state index is 0.0755. The van der Waals surface area contributed by atoms with E-state index in [9.17, 15) is 0 Å². The first-order chi connectivity index (χ1) is 37.1. The molecule has 12 rings (SSSR count). The lowest BCUT2D eigenvalue weighted by molar-refractivity contribution is 0.590. The fourth-order valence-electron chi connectivity index (χ4n) is 11.5. The Hall–Kier alpha value is -8.20. The zero-order valence-corrected chi connectivity index (χ0v) is 47.7. The minimum Gasteiger partial charge on any atom is -0.309 e. The van der Waals surface area contributed by atoms with Gasteiger partial charge in [-0.15, -0.1) is 0 Å². The molecule has 12 aromatic rings. The molecule has 0 bridgehead atoms. The SMILES string of the molecule is CC(C)(C)c1ccc(-c2ccc3c(c2)cc(-c2ccc(C(C)(C)C)cc2)n3-c2ccc3cc(-c4ccc5cc(-n6c(-c7ccc(C(C)(C)C)cc7)cc7cc(-c8ccc(C(C)(C)C)cc8)ccc76)ccc5c4)ccc3c2)cc1. The number of hydrogen-bond acceptors (Lipinski definition) is 0. The van der Waals surface area contributed by atoms with Gasteiger partial charge in [-0.1, -0.05) is 229 Å². The molecule has 78 heavy (non-hydrogen) atoms. The second-order valence-corrected chi connectivity index (χ2v) is 26.1. The van der Waals surface area contributed by atoms with Crippen molar-refractivity contribution >= 4 is 43.4 Å². The van der Waals surface area contributed by atoms with Gasteiger partial charge in [0, 0.05) is 22.1 Å². The highest BCUT2D eigenvalue weighted by Gasteiger charge is 2.21. The van der Waals surface area contributed by atoms with Gasteiger partial charge < -0.3 is 9.13 Å². The minimum atomic E-state index is 0.0755. The second kappa shape index (κ2) is 18.8. The molecule has 2 nitrogen and oxygen atoms in total. The maximum Gasteiger partial charge on any atom is 0.0540 e. The fourth-order valence-corrected chi connectivity index (χ4v) is 11.5. The van der Waals surface area contributed by atoms with Gasteiger partial charge in [-0.3, -0.25) is 0 Å². The molecule has 0 saturated carbocycles. The van der Waals surface area contributed by atoms with Crippen molar-refractivity contribution in [3.05, 3.63) is 241 Å². The summed E-state index contributed by atoms with van der Waals surface area (Å²) < 4.78 is 4.90. The van der Waals surface area contributed by atoms with Crippen LogP contribution in [0.15, 0.2) is 218 Å². The standard InChI is InChI=1S/C76H72N2/c1-73(2,3)63-29-17-49(18-30-63)53-27-39-69-61(43-53)47-71(51-21-33-65(34-22-51)75(7,8)9)77(69)67-37-25-57-41-55(13-15-59(57)45-67)56-14-16-60-46-68(38-26-58(60)42-56)78-70-40-28-54(50-19-31-64(32-20-50)74(4,5)6)44-62(70)48-72(78)52-23-35-66(36-24-52)76(10,11)12/h13-48H,1-12H3. The predicted molar refractivity (Wildman–Crippen MR) is 337 cm³/mol. The van der Waals surface area contributed by atoms with Crippen LogP contribution in [0.4, 0.5) is 0 Å². The van der Waals surface area contributed by atoms with Crippen LogP contribution in [-0.4, -0.2) is 9.13 Å². The third-order valence-electron chi connectivity index (χ3n) is 16.4. The Bertz CT molecular complexity index is 3950. The summed E-state index contributed by atoms with van der Waals surface area (Å²) in [5.74, 6) is 0. The molecule has 0 fully saturated rings. The monoisotopic (exact) mass is 1010 g/mol. The summed E-state index contributed by atoms with van der Waals surface area (Å²) in [5, 5.41) is 7.30. The summed E-state index contributed by atoms with van der Waals surface area (Å²) in [4.78, 5) is 0. The van der Waals surface area contributed by atoms with Crippen LogP contribution in [0.25, 0.3) is 111 Å². The molecule has 0 atom stereocenters. The number of nitrogens with zero attached hydrogens (tertiary/aromatic N) is 2. The summed E-state index contributed by atoms with van der Waals surface area (Å²) in [5.41, 5.74) is 22.5. The van der Waals surface area contributed by atoms with Gasteiger partial charge in [-0.05, 0) is 183 Å². The highest BCUT2D eigenvalue weighted by atomic mass is 15.0. The van der Waals surface area contributed by atoms with Crippen LogP contribution in [0.2, 0.25) is 0 Å². The molecule has 0 radical (unpaired) electrons. The van der Waals surface area contributed by atoms with Crippen molar-refractivity contribution in [3.8, 4) is 67.3 Å². The smallest absolute Gasteiger partial charge is 0.0540 e. The average Bonchev–Trinajstić information content (AvgIpc) is 4.15. The Balaban J connectivity index is 0.885. The molecular formula is C76H72N2. The van der Waals surface area contributed by atoms with E-state index in [-0.39, 0.29) is 21.7 Å². The summed E-state index contributed by atoms with van der Waals surface area (Å²) in [7, 11) is 0. The first-order valence-corrected chi connectivity index (χ1v) is 28.0. The molecule has 10 aromatic carbocycles. The van der Waals surface area contributed by atoms with Gasteiger partial charge in [-0.25, -0.2) is 0 Å². The third-order valence-corrected chi connectivity index (χ3v) is 16.4. The fraction of sp³-hybridized carbons (Fsp3) is 0.211. The van der Waals surface area contributed by atoms with Crippen molar-refractivity contribution < 1.29 is 0 Å². The van der Waals surface area contributed by atoms with Gasteiger partial charge >= 0.3 is 0 Å². The van der Waals surface area contributed by atoms with Gasteiger partial charge in [0.15, 0.2) is 0 Å². The lowest BCUT2D eigenvalue weighted by atomic mass is 9.86. The first kappa shape index (κ1) is 50.6. The molecule has 0 amide bonds. The van der Waals surface area contributed by atoms with Gasteiger partial charge in [-0.2, -0.15) is 0 Å². The maximum absolute atomic E-state index is 2.45. The van der Waals surface area contributed by atoms with Crippen LogP contribution in [0, 0.1) is 0 Å². The number of rotatable bonds is 7. The quantitative estimate of drug-likeness (QED) is 0.151. The molecule has 386 valence electrons. The van der Waals surface area contributed by atoms with Crippen LogP contribution in [0.1, 0.15) is 105 Å². The molecular weight excluding hydrogens is 941 g/mol. The Morgan fingerprint density at radius 3 is 0.769 bits per heavy atom. The molecule has 0 unspecified atom stereocenters. The maximum atomic E-state index is 2.45. The lowest BCUT2D eigenvalue weighted by Crippen LogP contribution is -2.10. The van der Waals surface area contributed by atoms with E-state index in [0.717, 1.165) is 11.4 Å². The van der Waals surface area contributed by atoms with Crippen molar-refractivity contribution in [2.75, 3.05) is 0 Å². The summed E-state index contributed by atoms with van der Waals surface area (Å²) in [6, 6.07) is 83.0. The lowest BCUT2D eigenvalue weighted by Gasteiger charge is -2.19. The molecule has 0 aliphatic heterocycles. The Kier molecular flexibility index (Phi) is 12.2. The van der Waals surface area contributed by atoms with E-state index in [1.807, 2.05) is 0 Å². The van der Waals surface area contributed by atoms with Crippen molar-refractivity contribution in [2.24, 2.45) is 0 Å². The topological polar surface area (TPSA) is 9.86 Å². The van der Waals surface area contributed by atoms with E-state index in [1.165, 1.54) is 122 Å². The highest BCUT2D eigenvalue weighted by Crippen LogP contribution is 2.40. The Labute approximate surface area is 462 Å². The van der Waals surface area contributed by atoms with Crippen molar-refractivity contribution in [3.63, 3.8) is 0 Å². The zero-order valence-electron chi connectivity index (χ0n) is 47.7. The molecule has 0 spiro atoms. The van der Waals surface area contributed by atoms with Gasteiger partial charge in [0.1, 0.15) is 0 Å². The normalized spacial score (nSPS) is 12.6. The third kappa shape index (κ3) is 9.57. The van der Waals surface area contributed by atoms with Crippen molar-refractivity contribution in [2.45, 2.75) is 105 Å². The van der Waals surface area contributed by atoms with E-state index >= 15 is 0 Å². The Morgan fingerprint density at radius 2 is 0.449 bits per heavy atom. The number of hydrogen-bond donors (Lipinski definition) is 0. The van der Waals surface area contributed by atoms with Crippen LogP contribution in [0.3, 0.4) is 0 Å². The average molecular weight is 1010 g/mol. The summed E-state index contributed by atoms with van der Waals surface area (Å²) in [6.45, 7) is 27.3. The molecule has 2 aromatic heterocycles. The second-order valence-electron chi connectivity index (χ2n) is 26.1. The van der Waals surface area contributed by atoms with E-state index in [4.69, 9.17) is 0 Å². The van der Waals surface area contributed by atoms with E-state index in [2.05, 4.69) is 311 Å². The van der Waals surface area contributed by atoms with Crippen LogP contribution >= 0.6 is 0 Å². The number of benzene rings is 10. The summed E-state index contributed by atoms with van der Waals surface area (Å²) >= 11 is 0. The van der Waals surface area contributed by atoms with Crippen molar-refractivity contribution in [1.29, 1.82) is 0 Å².